The summed E-state index contributed by atoms with van der Waals surface area (Å²) in [6.45, 7) is -1.17. The number of rotatable bonds is 2. The molecule has 2 nitrogen and oxygen atoms in total. The maximum atomic E-state index is 12.3. The molecule has 1 aliphatic rings. The summed E-state index contributed by atoms with van der Waals surface area (Å²) in [4.78, 5) is 12.3. The van der Waals surface area contributed by atoms with Crippen molar-refractivity contribution in [2.24, 2.45) is 0 Å². The fraction of sp³-hybridized carbons (Fsp3) is 0.444. The van der Waals surface area contributed by atoms with Gasteiger partial charge in [-0.05, 0) is 22.4 Å². The first kappa shape index (κ1) is 11.8. The Morgan fingerprint density at radius 3 is 2.81 bits per heavy atom. The molecule has 1 aliphatic heterocycles. The van der Waals surface area contributed by atoms with Gasteiger partial charge in [0.1, 0.15) is 11.9 Å². The molecule has 1 aromatic rings. The Morgan fingerprint density at radius 2 is 2.25 bits per heavy atom. The van der Waals surface area contributed by atoms with E-state index < -0.39 is 24.0 Å². The van der Waals surface area contributed by atoms with Gasteiger partial charge in [-0.2, -0.15) is 24.5 Å². The number of hydrogen-bond donors (Lipinski definition) is 0. The van der Waals surface area contributed by atoms with Crippen LogP contribution in [-0.2, 0) is 4.79 Å². The molecule has 1 atom stereocenters. The van der Waals surface area contributed by atoms with E-state index >= 15 is 0 Å². The van der Waals surface area contributed by atoms with Gasteiger partial charge < -0.3 is 4.90 Å². The van der Waals surface area contributed by atoms with Gasteiger partial charge in [0.15, 0.2) is 0 Å². The Hall–Kier alpha value is -0.690. The zero-order chi connectivity index (χ0) is 11.8. The van der Waals surface area contributed by atoms with Crippen LogP contribution < -0.4 is 0 Å². The van der Waals surface area contributed by atoms with E-state index in [9.17, 15) is 18.0 Å². The second kappa shape index (κ2) is 4.29. The van der Waals surface area contributed by atoms with Crippen LogP contribution in [0.4, 0.5) is 13.2 Å². The Kier molecular flexibility index (Phi) is 3.16. The number of thiophene rings is 1. The molecule has 7 heteroatoms. The lowest BCUT2D eigenvalue weighted by atomic mass is 10.3. The molecular weight excluding hydrogens is 259 g/mol. The summed E-state index contributed by atoms with van der Waals surface area (Å²) in [7, 11) is 0. The zero-order valence-electron chi connectivity index (χ0n) is 8.03. The summed E-state index contributed by atoms with van der Waals surface area (Å²) in [6, 6.07) is 1.75. The minimum atomic E-state index is -4.34. The van der Waals surface area contributed by atoms with Crippen LogP contribution in [0.5, 0.6) is 0 Å². The molecule has 88 valence electrons. The summed E-state index contributed by atoms with van der Waals surface area (Å²) in [5, 5.41) is 3.09. The van der Waals surface area contributed by atoms with Crippen molar-refractivity contribution < 1.29 is 18.0 Å². The van der Waals surface area contributed by atoms with E-state index in [4.69, 9.17) is 0 Å². The number of amides is 1. The molecule has 1 fully saturated rings. The van der Waals surface area contributed by atoms with E-state index in [0.29, 0.717) is 0 Å². The summed E-state index contributed by atoms with van der Waals surface area (Å²) in [5.74, 6) is -0.324. The van der Waals surface area contributed by atoms with E-state index in [1.54, 1.807) is 16.8 Å². The second-order valence-electron chi connectivity index (χ2n) is 3.36. The molecule has 0 aliphatic carbocycles. The number of nitrogens with zero attached hydrogens (tertiary/aromatic N) is 1. The molecule has 1 unspecified atom stereocenters. The normalized spacial score (nSPS) is 21.8. The highest BCUT2D eigenvalue weighted by atomic mass is 32.2. The van der Waals surface area contributed by atoms with Crippen molar-refractivity contribution in [2.45, 2.75) is 11.6 Å². The van der Waals surface area contributed by atoms with Gasteiger partial charge in [-0.1, -0.05) is 0 Å². The van der Waals surface area contributed by atoms with Crippen molar-refractivity contribution in [1.82, 2.24) is 4.90 Å². The van der Waals surface area contributed by atoms with Crippen LogP contribution >= 0.6 is 23.1 Å². The molecule has 1 aromatic heterocycles. The Morgan fingerprint density at radius 1 is 1.50 bits per heavy atom. The largest absolute Gasteiger partial charge is 0.406 e. The van der Waals surface area contributed by atoms with Crippen LogP contribution in [0, 0.1) is 0 Å². The topological polar surface area (TPSA) is 20.3 Å². The predicted octanol–water partition coefficient (Wildman–Crippen LogP) is 2.88. The molecule has 2 rings (SSSR count). The number of carbonyl (C=O) groups excluding carboxylic acids is 1. The van der Waals surface area contributed by atoms with Gasteiger partial charge in [-0.25, -0.2) is 0 Å². The van der Waals surface area contributed by atoms with Crippen molar-refractivity contribution in [3.8, 4) is 0 Å². The van der Waals surface area contributed by atoms with Crippen molar-refractivity contribution in [2.75, 3.05) is 12.3 Å². The van der Waals surface area contributed by atoms with Crippen LogP contribution in [0.25, 0.3) is 0 Å². The SMILES string of the molecule is O=C1CSC(c2ccsc2)N1CC(F)(F)F. The molecule has 0 aromatic carbocycles. The van der Waals surface area contributed by atoms with Crippen molar-refractivity contribution in [1.29, 1.82) is 0 Å². The Labute approximate surface area is 98.4 Å². The number of carbonyl (C=O) groups is 1. The molecule has 16 heavy (non-hydrogen) atoms. The lowest BCUT2D eigenvalue weighted by Crippen LogP contribution is -2.36. The van der Waals surface area contributed by atoms with Crippen LogP contribution in [0.1, 0.15) is 10.9 Å². The van der Waals surface area contributed by atoms with Crippen LogP contribution in [0.3, 0.4) is 0 Å². The first-order valence-corrected chi connectivity index (χ1v) is 6.46. The molecular formula is C9H8F3NOS2. The predicted molar refractivity (Wildman–Crippen MR) is 57.3 cm³/mol. The molecule has 1 amide bonds. The first-order valence-electron chi connectivity index (χ1n) is 4.47. The molecule has 1 saturated heterocycles. The van der Waals surface area contributed by atoms with E-state index in [2.05, 4.69) is 0 Å². The lowest BCUT2D eigenvalue weighted by Gasteiger charge is -2.24. The van der Waals surface area contributed by atoms with Gasteiger partial charge in [0, 0.05) is 0 Å². The number of halogens is 3. The monoisotopic (exact) mass is 267 g/mol. The summed E-state index contributed by atoms with van der Waals surface area (Å²) in [5.41, 5.74) is 0.769. The Bertz CT molecular complexity index is 377. The van der Waals surface area contributed by atoms with Crippen LogP contribution in [0.15, 0.2) is 16.8 Å². The van der Waals surface area contributed by atoms with E-state index in [-0.39, 0.29) is 5.75 Å². The van der Waals surface area contributed by atoms with Crippen molar-refractivity contribution in [3.05, 3.63) is 22.4 Å². The zero-order valence-corrected chi connectivity index (χ0v) is 9.66. The summed E-state index contributed by atoms with van der Waals surface area (Å²) >= 11 is 2.66. The third-order valence-corrected chi connectivity index (χ3v) is 4.10. The fourth-order valence-electron chi connectivity index (χ4n) is 1.51. The maximum Gasteiger partial charge on any atom is 0.406 e. The molecule has 0 spiro atoms. The maximum absolute atomic E-state index is 12.3. The third-order valence-electron chi connectivity index (χ3n) is 2.15. The van der Waals surface area contributed by atoms with E-state index in [1.807, 2.05) is 0 Å². The van der Waals surface area contributed by atoms with E-state index in [0.717, 1.165) is 10.5 Å². The van der Waals surface area contributed by atoms with Crippen molar-refractivity contribution >= 4 is 29.0 Å². The number of thioether (sulfide) groups is 1. The minimum absolute atomic E-state index is 0.122. The van der Waals surface area contributed by atoms with Gasteiger partial charge in [0.2, 0.25) is 5.91 Å². The number of alkyl halides is 3. The van der Waals surface area contributed by atoms with Gasteiger partial charge in [0.05, 0.1) is 5.75 Å². The van der Waals surface area contributed by atoms with Gasteiger partial charge in [-0.3, -0.25) is 4.79 Å². The standard InChI is InChI=1S/C9H8F3NOS2/c10-9(11,12)5-13-7(14)4-16-8(13)6-1-2-15-3-6/h1-3,8H,4-5H2. The Balaban J connectivity index is 2.17. The summed E-state index contributed by atoms with van der Waals surface area (Å²) < 4.78 is 36.9. The average Bonchev–Trinajstić information content (AvgIpc) is 2.75. The molecule has 0 N–H and O–H groups in total. The minimum Gasteiger partial charge on any atom is -0.317 e. The third kappa shape index (κ3) is 2.52. The molecule has 0 bridgehead atoms. The van der Waals surface area contributed by atoms with E-state index in [1.165, 1.54) is 23.1 Å². The highest BCUT2D eigenvalue weighted by molar-refractivity contribution is 8.00. The second-order valence-corrected chi connectivity index (χ2v) is 5.21. The smallest absolute Gasteiger partial charge is 0.317 e. The lowest BCUT2D eigenvalue weighted by molar-refractivity contribution is -0.159. The van der Waals surface area contributed by atoms with Gasteiger partial charge in [-0.15, -0.1) is 11.8 Å². The van der Waals surface area contributed by atoms with Gasteiger partial charge >= 0.3 is 6.18 Å². The fourth-order valence-corrected chi connectivity index (χ4v) is 3.45. The summed E-state index contributed by atoms with van der Waals surface area (Å²) in [6.07, 6.45) is -4.34. The molecule has 0 saturated carbocycles. The van der Waals surface area contributed by atoms with Gasteiger partial charge in [0.25, 0.3) is 0 Å². The van der Waals surface area contributed by atoms with Crippen LogP contribution in [-0.4, -0.2) is 29.3 Å². The van der Waals surface area contributed by atoms with Crippen LogP contribution in [0.2, 0.25) is 0 Å². The first-order chi connectivity index (χ1) is 7.47. The highest BCUT2D eigenvalue weighted by Gasteiger charge is 2.40. The molecule has 0 radical (unpaired) electrons. The van der Waals surface area contributed by atoms with Crippen molar-refractivity contribution in [3.63, 3.8) is 0 Å². The quantitative estimate of drug-likeness (QED) is 0.821. The average molecular weight is 267 g/mol. The molecule has 2 heterocycles. The highest BCUT2D eigenvalue weighted by Crippen LogP contribution is 2.40. The number of hydrogen-bond acceptors (Lipinski definition) is 3.